The topological polar surface area (TPSA) is 49.5 Å². The first-order chi connectivity index (χ1) is 7.17. The van der Waals surface area contributed by atoms with Crippen LogP contribution in [0.25, 0.3) is 0 Å². The summed E-state index contributed by atoms with van der Waals surface area (Å²) in [6.45, 7) is 4.21. The van der Waals surface area contributed by atoms with E-state index in [1.54, 1.807) is 6.07 Å². The Morgan fingerprint density at radius 3 is 2.73 bits per heavy atom. The van der Waals surface area contributed by atoms with Crippen LogP contribution in [0.2, 0.25) is 0 Å². The number of hydrogen-bond acceptors (Lipinski definition) is 3. The van der Waals surface area contributed by atoms with Crippen LogP contribution in [0.3, 0.4) is 0 Å². The number of aliphatic hydroxyl groups is 1. The Balaban J connectivity index is 2.70. The highest BCUT2D eigenvalue weighted by atomic mass is 19.1. The number of anilines is 1. The fourth-order valence-electron chi connectivity index (χ4n) is 1.44. The van der Waals surface area contributed by atoms with Crippen molar-refractivity contribution >= 4 is 5.69 Å². The van der Waals surface area contributed by atoms with Gasteiger partial charge in [0.25, 0.3) is 0 Å². The molecular weight excluding hydrogens is 195 g/mol. The summed E-state index contributed by atoms with van der Waals surface area (Å²) in [7, 11) is 0. The van der Waals surface area contributed by atoms with E-state index in [2.05, 4.69) is 0 Å². The van der Waals surface area contributed by atoms with E-state index in [1.165, 1.54) is 12.1 Å². The second-order valence-electron chi connectivity index (χ2n) is 3.44. The van der Waals surface area contributed by atoms with E-state index in [0.29, 0.717) is 18.8 Å². The predicted octanol–water partition coefficient (Wildman–Crippen LogP) is 1.22. The third-order valence-corrected chi connectivity index (χ3v) is 2.37. The van der Waals surface area contributed by atoms with Crippen LogP contribution in [-0.2, 0) is 6.54 Å². The first-order valence-corrected chi connectivity index (χ1v) is 5.04. The highest BCUT2D eigenvalue weighted by Gasteiger charge is 2.06. The minimum atomic E-state index is -0.318. The van der Waals surface area contributed by atoms with Gasteiger partial charge >= 0.3 is 0 Å². The van der Waals surface area contributed by atoms with Gasteiger partial charge in [-0.3, -0.25) is 4.90 Å². The summed E-state index contributed by atoms with van der Waals surface area (Å²) in [5, 5.41) is 8.83. The number of hydrogen-bond donors (Lipinski definition) is 2. The molecule has 0 spiro atoms. The molecule has 15 heavy (non-hydrogen) atoms. The fraction of sp³-hybridized carbons (Fsp3) is 0.455. The molecule has 84 valence electrons. The van der Waals surface area contributed by atoms with Crippen LogP contribution in [0.4, 0.5) is 10.1 Å². The number of halogens is 1. The minimum Gasteiger partial charge on any atom is -0.398 e. The van der Waals surface area contributed by atoms with Crippen molar-refractivity contribution in [1.82, 2.24) is 4.90 Å². The molecular formula is C11H17FN2O. The smallest absolute Gasteiger partial charge is 0.125 e. The zero-order valence-electron chi connectivity index (χ0n) is 8.91. The standard InChI is InChI=1S/C11H17FN2O/c1-2-14(5-6-15)8-9-3-4-10(12)7-11(9)13/h3-4,7,15H,2,5-6,8,13H2,1H3. The second-order valence-corrected chi connectivity index (χ2v) is 3.44. The first-order valence-electron chi connectivity index (χ1n) is 5.04. The maximum absolute atomic E-state index is 12.8. The molecule has 0 aliphatic rings. The number of likely N-dealkylation sites (N-methyl/N-ethyl adjacent to an activating group) is 1. The number of aliphatic hydroxyl groups excluding tert-OH is 1. The van der Waals surface area contributed by atoms with Crippen LogP contribution >= 0.6 is 0 Å². The van der Waals surface area contributed by atoms with E-state index in [-0.39, 0.29) is 12.4 Å². The molecule has 0 amide bonds. The van der Waals surface area contributed by atoms with E-state index < -0.39 is 0 Å². The number of nitrogens with two attached hydrogens (primary N) is 1. The van der Waals surface area contributed by atoms with Crippen molar-refractivity contribution in [2.24, 2.45) is 0 Å². The molecule has 0 heterocycles. The van der Waals surface area contributed by atoms with Gasteiger partial charge in [-0.15, -0.1) is 0 Å². The summed E-state index contributed by atoms with van der Waals surface area (Å²) in [6.07, 6.45) is 0. The van der Waals surface area contributed by atoms with Gasteiger partial charge in [-0.25, -0.2) is 4.39 Å². The predicted molar refractivity (Wildman–Crippen MR) is 58.8 cm³/mol. The van der Waals surface area contributed by atoms with Crippen molar-refractivity contribution < 1.29 is 9.50 Å². The number of nitrogens with zero attached hydrogens (tertiary/aromatic N) is 1. The molecule has 0 unspecified atom stereocenters. The van der Waals surface area contributed by atoms with Gasteiger partial charge in [0, 0.05) is 18.8 Å². The summed E-state index contributed by atoms with van der Waals surface area (Å²) >= 11 is 0. The largest absolute Gasteiger partial charge is 0.398 e. The van der Waals surface area contributed by atoms with E-state index in [1.807, 2.05) is 11.8 Å². The van der Waals surface area contributed by atoms with Crippen LogP contribution in [0.15, 0.2) is 18.2 Å². The van der Waals surface area contributed by atoms with Gasteiger partial charge in [0.15, 0.2) is 0 Å². The Morgan fingerprint density at radius 2 is 2.20 bits per heavy atom. The molecule has 1 aromatic carbocycles. The molecule has 1 aromatic rings. The van der Waals surface area contributed by atoms with Crippen LogP contribution in [0.1, 0.15) is 12.5 Å². The maximum Gasteiger partial charge on any atom is 0.125 e. The molecule has 3 nitrogen and oxygen atoms in total. The first kappa shape index (κ1) is 11.9. The summed E-state index contributed by atoms with van der Waals surface area (Å²) in [6, 6.07) is 4.41. The van der Waals surface area contributed by atoms with Crippen molar-refractivity contribution in [2.75, 3.05) is 25.4 Å². The summed E-state index contributed by atoms with van der Waals surface area (Å²) in [4.78, 5) is 2.05. The average molecular weight is 212 g/mol. The Bertz CT molecular complexity index is 317. The van der Waals surface area contributed by atoms with Gasteiger partial charge in [0.1, 0.15) is 5.82 Å². The Hall–Kier alpha value is -1.13. The van der Waals surface area contributed by atoms with Gasteiger partial charge < -0.3 is 10.8 Å². The number of rotatable bonds is 5. The molecule has 0 aliphatic heterocycles. The quantitative estimate of drug-likeness (QED) is 0.721. The molecule has 0 saturated carbocycles. The lowest BCUT2D eigenvalue weighted by molar-refractivity contribution is 0.197. The van der Waals surface area contributed by atoms with E-state index >= 15 is 0 Å². The summed E-state index contributed by atoms with van der Waals surface area (Å²) in [5.74, 6) is -0.318. The van der Waals surface area contributed by atoms with Crippen LogP contribution in [0.5, 0.6) is 0 Å². The molecule has 0 bridgehead atoms. The highest BCUT2D eigenvalue weighted by molar-refractivity contribution is 5.46. The lowest BCUT2D eigenvalue weighted by Gasteiger charge is -2.19. The van der Waals surface area contributed by atoms with E-state index in [0.717, 1.165) is 12.1 Å². The average Bonchev–Trinajstić information content (AvgIpc) is 2.21. The van der Waals surface area contributed by atoms with Crippen molar-refractivity contribution in [2.45, 2.75) is 13.5 Å². The van der Waals surface area contributed by atoms with Gasteiger partial charge in [-0.2, -0.15) is 0 Å². The molecule has 0 aromatic heterocycles. The van der Waals surface area contributed by atoms with Crippen molar-refractivity contribution in [1.29, 1.82) is 0 Å². The molecule has 0 radical (unpaired) electrons. The fourth-order valence-corrected chi connectivity index (χ4v) is 1.44. The van der Waals surface area contributed by atoms with Crippen molar-refractivity contribution in [3.8, 4) is 0 Å². The Morgan fingerprint density at radius 1 is 1.47 bits per heavy atom. The molecule has 4 heteroatoms. The lowest BCUT2D eigenvalue weighted by atomic mass is 10.1. The Kier molecular flexibility index (Phi) is 4.52. The summed E-state index contributed by atoms with van der Waals surface area (Å²) in [5.41, 5.74) is 7.05. The molecule has 0 fully saturated rings. The zero-order chi connectivity index (χ0) is 11.3. The highest BCUT2D eigenvalue weighted by Crippen LogP contribution is 2.15. The number of benzene rings is 1. The molecule has 0 atom stereocenters. The van der Waals surface area contributed by atoms with Crippen LogP contribution in [-0.4, -0.2) is 29.7 Å². The third-order valence-electron chi connectivity index (χ3n) is 2.37. The molecule has 3 N–H and O–H groups in total. The SMILES string of the molecule is CCN(CCO)Cc1ccc(F)cc1N. The maximum atomic E-state index is 12.8. The minimum absolute atomic E-state index is 0.120. The molecule has 0 saturated heterocycles. The molecule has 1 rings (SSSR count). The number of nitrogen functional groups attached to an aromatic ring is 1. The summed E-state index contributed by atoms with van der Waals surface area (Å²) < 4.78 is 12.8. The van der Waals surface area contributed by atoms with Crippen molar-refractivity contribution in [3.05, 3.63) is 29.6 Å². The third kappa shape index (κ3) is 3.49. The van der Waals surface area contributed by atoms with Crippen LogP contribution in [0, 0.1) is 5.82 Å². The van der Waals surface area contributed by atoms with Crippen LogP contribution < -0.4 is 5.73 Å². The lowest BCUT2D eigenvalue weighted by Crippen LogP contribution is -2.26. The molecule has 0 aliphatic carbocycles. The van der Waals surface area contributed by atoms with E-state index in [4.69, 9.17) is 10.8 Å². The van der Waals surface area contributed by atoms with Gasteiger partial charge in [0.2, 0.25) is 0 Å². The van der Waals surface area contributed by atoms with Gasteiger partial charge in [-0.05, 0) is 24.2 Å². The van der Waals surface area contributed by atoms with Gasteiger partial charge in [0.05, 0.1) is 6.61 Å². The van der Waals surface area contributed by atoms with E-state index in [9.17, 15) is 4.39 Å². The second kappa shape index (κ2) is 5.68. The zero-order valence-corrected chi connectivity index (χ0v) is 8.91. The monoisotopic (exact) mass is 212 g/mol. The van der Waals surface area contributed by atoms with Gasteiger partial charge in [-0.1, -0.05) is 13.0 Å². The normalized spacial score (nSPS) is 10.9. The van der Waals surface area contributed by atoms with Crippen molar-refractivity contribution in [3.63, 3.8) is 0 Å². The Labute approximate surface area is 89.3 Å².